The Labute approximate surface area is 208 Å². The van der Waals surface area contributed by atoms with E-state index in [4.69, 9.17) is 4.98 Å². The highest BCUT2D eigenvalue weighted by molar-refractivity contribution is 5.97. The molecule has 0 saturated heterocycles. The van der Waals surface area contributed by atoms with Crippen LogP contribution in [0.3, 0.4) is 0 Å². The lowest BCUT2D eigenvalue weighted by Crippen LogP contribution is -2.45. The van der Waals surface area contributed by atoms with E-state index < -0.39 is 22.8 Å². The number of amides is 1. The predicted molar refractivity (Wildman–Crippen MR) is 136 cm³/mol. The number of hydrogen-bond donors (Lipinski definition) is 3. The van der Waals surface area contributed by atoms with E-state index in [1.165, 1.54) is 18.6 Å². The van der Waals surface area contributed by atoms with E-state index in [0.29, 0.717) is 29.1 Å². The molecule has 1 aliphatic rings. The van der Waals surface area contributed by atoms with Crippen molar-refractivity contribution in [3.05, 3.63) is 58.3 Å². The SMILES string of the molecule is CCC(C)C(NC(=O)c1ccn2c(NC3CCCCC3)c(-c3cccc([N+](=O)[O-])c3)nc2c1)C(=O)O. The minimum Gasteiger partial charge on any atom is -0.480 e. The molecule has 1 saturated carbocycles. The Kier molecular flexibility index (Phi) is 7.52. The molecule has 0 spiro atoms. The molecule has 0 radical (unpaired) electrons. The van der Waals surface area contributed by atoms with Crippen LogP contribution in [0.15, 0.2) is 42.6 Å². The highest BCUT2D eigenvalue weighted by Crippen LogP contribution is 2.33. The van der Waals surface area contributed by atoms with Gasteiger partial charge in [0.2, 0.25) is 0 Å². The van der Waals surface area contributed by atoms with Crippen LogP contribution in [0, 0.1) is 16.0 Å². The van der Waals surface area contributed by atoms with Crippen LogP contribution in [-0.2, 0) is 4.79 Å². The molecule has 2 atom stereocenters. The average molecular weight is 494 g/mol. The smallest absolute Gasteiger partial charge is 0.326 e. The summed E-state index contributed by atoms with van der Waals surface area (Å²) in [4.78, 5) is 40.2. The Morgan fingerprint density at radius 2 is 1.97 bits per heavy atom. The number of carbonyl (C=O) groups excluding carboxylic acids is 1. The molecule has 0 bridgehead atoms. The van der Waals surface area contributed by atoms with Crippen LogP contribution in [0.1, 0.15) is 62.7 Å². The second-order valence-corrected chi connectivity index (χ2v) is 9.41. The number of aromatic nitrogens is 2. The van der Waals surface area contributed by atoms with Gasteiger partial charge in [-0.3, -0.25) is 19.3 Å². The lowest BCUT2D eigenvalue weighted by atomic mass is 9.95. The number of non-ortho nitro benzene ring substituents is 1. The van der Waals surface area contributed by atoms with Crippen molar-refractivity contribution in [3.63, 3.8) is 0 Å². The van der Waals surface area contributed by atoms with Crippen LogP contribution in [0.2, 0.25) is 0 Å². The molecule has 36 heavy (non-hydrogen) atoms. The third kappa shape index (κ3) is 5.32. The number of carboxylic acid groups (broad SMARTS) is 1. The van der Waals surface area contributed by atoms with E-state index in [9.17, 15) is 24.8 Å². The van der Waals surface area contributed by atoms with Crippen molar-refractivity contribution in [1.29, 1.82) is 0 Å². The van der Waals surface area contributed by atoms with Gasteiger partial charge in [-0.25, -0.2) is 9.78 Å². The van der Waals surface area contributed by atoms with Crippen LogP contribution in [-0.4, -0.2) is 43.4 Å². The van der Waals surface area contributed by atoms with Gasteiger partial charge in [-0.2, -0.15) is 0 Å². The second-order valence-electron chi connectivity index (χ2n) is 9.41. The van der Waals surface area contributed by atoms with Crippen molar-refractivity contribution >= 4 is 29.0 Å². The summed E-state index contributed by atoms with van der Waals surface area (Å²) in [5, 5.41) is 27.1. The molecule has 10 heteroatoms. The summed E-state index contributed by atoms with van der Waals surface area (Å²) in [7, 11) is 0. The number of carbonyl (C=O) groups is 2. The molecule has 0 aliphatic heterocycles. The van der Waals surface area contributed by atoms with Crippen LogP contribution in [0.4, 0.5) is 11.5 Å². The van der Waals surface area contributed by atoms with Gasteiger partial charge in [-0.1, -0.05) is 51.7 Å². The van der Waals surface area contributed by atoms with Crippen LogP contribution in [0.5, 0.6) is 0 Å². The van der Waals surface area contributed by atoms with Crippen molar-refractivity contribution < 1.29 is 19.6 Å². The molecule has 1 fully saturated rings. The van der Waals surface area contributed by atoms with Gasteiger partial charge in [0, 0.05) is 35.5 Å². The first-order valence-corrected chi connectivity index (χ1v) is 12.4. The predicted octanol–water partition coefficient (Wildman–Crippen LogP) is 4.88. The fraction of sp³-hybridized carbons (Fsp3) is 0.423. The number of benzene rings is 1. The maximum Gasteiger partial charge on any atom is 0.326 e. The molecule has 1 aromatic carbocycles. The Morgan fingerprint density at radius 3 is 2.64 bits per heavy atom. The summed E-state index contributed by atoms with van der Waals surface area (Å²) in [6.45, 7) is 3.66. The largest absolute Gasteiger partial charge is 0.480 e. The van der Waals surface area contributed by atoms with Gasteiger partial charge in [0.25, 0.3) is 11.6 Å². The number of aliphatic carboxylic acids is 1. The quantitative estimate of drug-likeness (QED) is 0.285. The number of hydrogen-bond acceptors (Lipinski definition) is 6. The number of nitro benzene ring substituents is 1. The van der Waals surface area contributed by atoms with Crippen LogP contribution < -0.4 is 10.6 Å². The molecule has 1 aliphatic carbocycles. The second kappa shape index (κ2) is 10.8. The Balaban J connectivity index is 1.73. The minimum atomic E-state index is -1.08. The minimum absolute atomic E-state index is 0.0296. The van der Waals surface area contributed by atoms with E-state index in [1.54, 1.807) is 37.4 Å². The summed E-state index contributed by atoms with van der Waals surface area (Å²) in [6.07, 6.45) is 7.84. The third-order valence-corrected chi connectivity index (χ3v) is 6.93. The Hall–Kier alpha value is -3.95. The highest BCUT2D eigenvalue weighted by atomic mass is 16.6. The average Bonchev–Trinajstić information content (AvgIpc) is 3.24. The molecule has 190 valence electrons. The number of anilines is 1. The number of pyridine rings is 1. The number of carboxylic acids is 1. The molecule has 2 aromatic heterocycles. The summed E-state index contributed by atoms with van der Waals surface area (Å²) >= 11 is 0. The third-order valence-electron chi connectivity index (χ3n) is 6.93. The first kappa shape index (κ1) is 25.2. The molecule has 2 unspecified atom stereocenters. The number of fused-ring (bicyclic) bond motifs is 1. The first-order chi connectivity index (χ1) is 17.3. The molecular formula is C26H31N5O5. The molecule has 10 nitrogen and oxygen atoms in total. The van der Waals surface area contributed by atoms with Gasteiger partial charge in [0.15, 0.2) is 0 Å². The van der Waals surface area contributed by atoms with E-state index in [2.05, 4.69) is 10.6 Å². The molecule has 3 aromatic rings. The van der Waals surface area contributed by atoms with Crippen molar-refractivity contribution in [3.8, 4) is 11.3 Å². The molecule has 3 N–H and O–H groups in total. The maximum absolute atomic E-state index is 12.9. The van der Waals surface area contributed by atoms with Crippen molar-refractivity contribution in [2.45, 2.75) is 64.5 Å². The standard InChI is InChI=1S/C26H31N5O5/c1-3-16(2)22(26(33)34)29-25(32)18-12-13-30-21(15-18)28-23(17-8-7-11-20(14-17)31(35)36)24(30)27-19-9-5-4-6-10-19/h7-8,11-16,19,22,27H,3-6,9-10H2,1-2H3,(H,29,32)(H,33,34). The number of nitrogens with zero attached hydrogens (tertiary/aromatic N) is 3. The summed E-state index contributed by atoms with van der Waals surface area (Å²) in [6, 6.07) is 8.82. The van der Waals surface area contributed by atoms with Crippen molar-refractivity contribution in [2.24, 2.45) is 5.92 Å². The first-order valence-electron chi connectivity index (χ1n) is 12.4. The van der Waals surface area contributed by atoms with E-state index in [0.717, 1.165) is 25.7 Å². The lowest BCUT2D eigenvalue weighted by Gasteiger charge is -2.24. The fourth-order valence-electron chi connectivity index (χ4n) is 4.64. The number of imidazole rings is 1. The van der Waals surface area contributed by atoms with Gasteiger partial charge >= 0.3 is 5.97 Å². The van der Waals surface area contributed by atoms with Gasteiger partial charge in [0.1, 0.15) is 23.2 Å². The van der Waals surface area contributed by atoms with Gasteiger partial charge in [0.05, 0.1) is 4.92 Å². The van der Waals surface area contributed by atoms with E-state index >= 15 is 0 Å². The maximum atomic E-state index is 12.9. The zero-order valence-corrected chi connectivity index (χ0v) is 20.4. The van der Waals surface area contributed by atoms with E-state index in [-0.39, 0.29) is 23.2 Å². The van der Waals surface area contributed by atoms with Gasteiger partial charge in [-0.15, -0.1) is 0 Å². The van der Waals surface area contributed by atoms with Gasteiger partial charge in [-0.05, 0) is 30.9 Å². The number of nitro groups is 1. The normalized spacial score (nSPS) is 15.8. The zero-order chi connectivity index (χ0) is 25.8. The van der Waals surface area contributed by atoms with Gasteiger partial charge < -0.3 is 15.7 Å². The summed E-state index contributed by atoms with van der Waals surface area (Å²) in [5.74, 6) is -1.08. The van der Waals surface area contributed by atoms with Crippen molar-refractivity contribution in [2.75, 3.05) is 5.32 Å². The number of rotatable bonds is 9. The molecule has 2 heterocycles. The van der Waals surface area contributed by atoms with Crippen LogP contribution in [0.25, 0.3) is 16.9 Å². The Morgan fingerprint density at radius 1 is 1.22 bits per heavy atom. The van der Waals surface area contributed by atoms with E-state index in [1.807, 2.05) is 11.3 Å². The molecular weight excluding hydrogens is 462 g/mol. The fourth-order valence-corrected chi connectivity index (χ4v) is 4.64. The molecule has 4 rings (SSSR count). The molecule has 1 amide bonds. The monoisotopic (exact) mass is 493 g/mol. The Bertz CT molecular complexity index is 1280. The number of nitrogens with one attached hydrogen (secondary N) is 2. The topological polar surface area (TPSA) is 139 Å². The summed E-state index contributed by atoms with van der Waals surface area (Å²) < 4.78 is 1.84. The zero-order valence-electron chi connectivity index (χ0n) is 20.4. The lowest BCUT2D eigenvalue weighted by molar-refractivity contribution is -0.384. The van der Waals surface area contributed by atoms with Crippen molar-refractivity contribution in [1.82, 2.24) is 14.7 Å². The van der Waals surface area contributed by atoms with Crippen LogP contribution >= 0.6 is 0 Å². The highest BCUT2D eigenvalue weighted by Gasteiger charge is 2.26. The summed E-state index contributed by atoms with van der Waals surface area (Å²) in [5.41, 5.74) is 1.90.